The molecule has 0 aromatic heterocycles. The Labute approximate surface area is 150 Å². The topological polar surface area (TPSA) is 58.6 Å². The van der Waals surface area contributed by atoms with Gasteiger partial charge in [-0.25, -0.2) is 9.69 Å². The van der Waals surface area contributed by atoms with E-state index in [2.05, 4.69) is 11.9 Å². The van der Waals surface area contributed by atoms with Crippen LogP contribution in [0.15, 0.2) is 66.9 Å². The van der Waals surface area contributed by atoms with Gasteiger partial charge in [-0.2, -0.15) is 0 Å². The number of ether oxygens (including phenoxy) is 1. The predicted molar refractivity (Wildman–Crippen MR) is 97.6 cm³/mol. The highest BCUT2D eigenvalue weighted by Gasteiger charge is 2.34. The second kappa shape index (κ2) is 7.23. The minimum absolute atomic E-state index is 0.208. The number of nitrogens with one attached hydrogen (secondary N) is 1. The Balaban J connectivity index is 1.80. The van der Waals surface area contributed by atoms with Crippen LogP contribution >= 0.6 is 11.6 Å². The molecule has 25 heavy (non-hydrogen) atoms. The van der Waals surface area contributed by atoms with Gasteiger partial charge in [-0.05, 0) is 48.0 Å². The van der Waals surface area contributed by atoms with Crippen LogP contribution < -0.4 is 15.0 Å². The van der Waals surface area contributed by atoms with E-state index >= 15 is 0 Å². The summed E-state index contributed by atoms with van der Waals surface area (Å²) < 4.78 is 5.41. The maximum absolute atomic E-state index is 12.5. The summed E-state index contributed by atoms with van der Waals surface area (Å²) in [5, 5.41) is 3.12. The van der Waals surface area contributed by atoms with E-state index in [0.29, 0.717) is 23.1 Å². The largest absolute Gasteiger partial charge is 0.490 e. The van der Waals surface area contributed by atoms with Crippen LogP contribution in [0.5, 0.6) is 5.75 Å². The smallest absolute Gasteiger partial charge is 0.333 e. The number of carbonyl (C=O) groups is 2. The van der Waals surface area contributed by atoms with Gasteiger partial charge in [-0.3, -0.25) is 4.79 Å². The molecule has 1 aliphatic rings. The van der Waals surface area contributed by atoms with Crippen molar-refractivity contribution < 1.29 is 14.3 Å². The van der Waals surface area contributed by atoms with Crippen molar-refractivity contribution in [2.24, 2.45) is 0 Å². The van der Waals surface area contributed by atoms with Crippen molar-refractivity contribution in [2.75, 3.05) is 11.5 Å². The zero-order valence-corrected chi connectivity index (χ0v) is 14.0. The lowest BCUT2D eigenvalue weighted by atomic mass is 10.2. The maximum Gasteiger partial charge on any atom is 0.333 e. The average Bonchev–Trinajstić information content (AvgIpc) is 2.89. The number of nitrogens with zero attached hydrogens (tertiary/aromatic N) is 1. The van der Waals surface area contributed by atoms with Gasteiger partial charge in [0.25, 0.3) is 5.91 Å². The molecule has 0 spiro atoms. The third-order valence-electron chi connectivity index (χ3n) is 3.52. The van der Waals surface area contributed by atoms with Gasteiger partial charge in [-0.15, -0.1) is 0 Å². The van der Waals surface area contributed by atoms with Crippen molar-refractivity contribution in [1.29, 1.82) is 0 Å². The van der Waals surface area contributed by atoms with Crippen LogP contribution in [0.1, 0.15) is 5.56 Å². The molecule has 2 aromatic carbocycles. The summed E-state index contributed by atoms with van der Waals surface area (Å²) in [4.78, 5) is 25.7. The van der Waals surface area contributed by atoms with Crippen molar-refractivity contribution in [3.8, 4) is 5.75 Å². The van der Waals surface area contributed by atoms with Crippen LogP contribution in [-0.2, 0) is 4.79 Å². The molecule has 126 valence electrons. The molecule has 2 aromatic rings. The van der Waals surface area contributed by atoms with Crippen LogP contribution in [0.25, 0.3) is 6.08 Å². The van der Waals surface area contributed by atoms with E-state index in [1.165, 1.54) is 0 Å². The highest BCUT2D eigenvalue weighted by molar-refractivity contribution is 6.31. The summed E-state index contributed by atoms with van der Waals surface area (Å²) in [7, 11) is 0. The SMILES string of the molecule is C=CCOc1ccc(/C=C2/NC(=O)N(c3ccc(Cl)cc3)C2=O)cc1. The van der Waals surface area contributed by atoms with E-state index in [4.69, 9.17) is 16.3 Å². The first-order valence-electron chi connectivity index (χ1n) is 7.55. The summed E-state index contributed by atoms with van der Waals surface area (Å²) in [5.41, 5.74) is 1.44. The maximum atomic E-state index is 12.5. The molecular formula is C19H15ClN2O3. The minimum atomic E-state index is -0.496. The second-order valence-electron chi connectivity index (χ2n) is 5.27. The van der Waals surface area contributed by atoms with Crippen LogP contribution in [0, 0.1) is 0 Å². The van der Waals surface area contributed by atoms with E-state index in [9.17, 15) is 9.59 Å². The van der Waals surface area contributed by atoms with Crippen LogP contribution in [-0.4, -0.2) is 18.5 Å². The number of anilines is 1. The molecule has 6 heteroatoms. The third kappa shape index (κ3) is 3.72. The highest BCUT2D eigenvalue weighted by atomic mass is 35.5. The predicted octanol–water partition coefficient (Wildman–Crippen LogP) is 4.00. The Morgan fingerprint density at radius 3 is 2.40 bits per heavy atom. The first kappa shape index (κ1) is 16.8. The molecular weight excluding hydrogens is 340 g/mol. The van der Waals surface area contributed by atoms with Crippen molar-refractivity contribution >= 4 is 35.3 Å². The Bertz CT molecular complexity index is 842. The molecule has 0 bridgehead atoms. The lowest BCUT2D eigenvalue weighted by Gasteiger charge is -2.11. The molecule has 3 rings (SSSR count). The summed E-state index contributed by atoms with van der Waals surface area (Å²) >= 11 is 5.84. The van der Waals surface area contributed by atoms with E-state index in [0.717, 1.165) is 10.5 Å². The monoisotopic (exact) mass is 354 g/mol. The van der Waals surface area contributed by atoms with Crippen LogP contribution in [0.2, 0.25) is 5.02 Å². The molecule has 1 saturated heterocycles. The van der Waals surface area contributed by atoms with E-state index in [-0.39, 0.29) is 5.70 Å². The number of hydrogen-bond donors (Lipinski definition) is 1. The van der Waals surface area contributed by atoms with Crippen LogP contribution in [0.3, 0.4) is 0 Å². The van der Waals surface area contributed by atoms with Gasteiger partial charge in [0, 0.05) is 5.02 Å². The quantitative estimate of drug-likeness (QED) is 0.501. The molecule has 0 atom stereocenters. The molecule has 5 nitrogen and oxygen atoms in total. The summed E-state index contributed by atoms with van der Waals surface area (Å²) in [6.45, 7) is 4.01. The summed E-state index contributed by atoms with van der Waals surface area (Å²) in [5.74, 6) is 0.283. The highest BCUT2D eigenvalue weighted by Crippen LogP contribution is 2.24. The first-order chi connectivity index (χ1) is 12.1. The van der Waals surface area contributed by atoms with Crippen LogP contribution in [0.4, 0.5) is 10.5 Å². The van der Waals surface area contributed by atoms with Gasteiger partial charge in [-0.1, -0.05) is 36.4 Å². The zero-order chi connectivity index (χ0) is 17.8. The zero-order valence-electron chi connectivity index (χ0n) is 13.2. The number of amides is 3. The Morgan fingerprint density at radius 1 is 1.08 bits per heavy atom. The van der Waals surface area contributed by atoms with Gasteiger partial charge >= 0.3 is 6.03 Å². The Kier molecular flexibility index (Phi) is 4.86. The summed E-state index contributed by atoms with van der Waals surface area (Å²) in [6, 6.07) is 13.2. The Morgan fingerprint density at radius 2 is 1.76 bits per heavy atom. The molecule has 0 radical (unpaired) electrons. The van der Waals surface area contributed by atoms with Gasteiger partial charge in [0.2, 0.25) is 0 Å². The molecule has 1 heterocycles. The molecule has 1 N–H and O–H groups in total. The van der Waals surface area contributed by atoms with E-state index in [1.807, 2.05) is 0 Å². The molecule has 0 unspecified atom stereocenters. The van der Waals surface area contributed by atoms with Crippen molar-refractivity contribution in [2.45, 2.75) is 0 Å². The third-order valence-corrected chi connectivity index (χ3v) is 3.77. The van der Waals surface area contributed by atoms with Gasteiger partial charge in [0.15, 0.2) is 0 Å². The fourth-order valence-corrected chi connectivity index (χ4v) is 2.47. The number of benzene rings is 2. The van der Waals surface area contributed by atoms with Gasteiger partial charge in [0.1, 0.15) is 18.1 Å². The number of urea groups is 1. The van der Waals surface area contributed by atoms with Crippen molar-refractivity contribution in [1.82, 2.24) is 5.32 Å². The molecule has 0 aliphatic carbocycles. The van der Waals surface area contributed by atoms with Crippen molar-refractivity contribution in [3.05, 3.63) is 77.5 Å². The lowest BCUT2D eigenvalue weighted by Crippen LogP contribution is -2.30. The number of hydrogen-bond acceptors (Lipinski definition) is 3. The fraction of sp³-hybridized carbons (Fsp3) is 0.0526. The minimum Gasteiger partial charge on any atom is -0.490 e. The fourth-order valence-electron chi connectivity index (χ4n) is 2.34. The van der Waals surface area contributed by atoms with Crippen molar-refractivity contribution in [3.63, 3.8) is 0 Å². The van der Waals surface area contributed by atoms with E-state index < -0.39 is 11.9 Å². The second-order valence-corrected chi connectivity index (χ2v) is 5.71. The standard InChI is InChI=1S/C19H15ClN2O3/c1-2-11-25-16-9-3-13(4-10-16)12-17-18(23)22(19(24)21-17)15-7-5-14(20)6-8-15/h2-10,12H,1,11H2,(H,21,24)/b17-12+. The lowest BCUT2D eigenvalue weighted by molar-refractivity contribution is -0.113. The van der Waals surface area contributed by atoms with E-state index in [1.54, 1.807) is 60.7 Å². The first-order valence-corrected chi connectivity index (χ1v) is 7.93. The normalized spacial score (nSPS) is 15.4. The number of rotatable bonds is 5. The average molecular weight is 355 g/mol. The van der Waals surface area contributed by atoms with Gasteiger partial charge in [0.05, 0.1) is 5.69 Å². The molecule has 1 fully saturated rings. The number of imide groups is 1. The Hall–Kier alpha value is -3.05. The number of carbonyl (C=O) groups excluding carboxylic acids is 2. The molecule has 0 saturated carbocycles. The number of halogens is 1. The summed E-state index contributed by atoms with van der Waals surface area (Å²) in [6.07, 6.45) is 3.28. The molecule has 3 amide bonds. The van der Waals surface area contributed by atoms with Gasteiger partial charge < -0.3 is 10.1 Å². The molecule has 1 aliphatic heterocycles.